The lowest BCUT2D eigenvalue weighted by atomic mass is 10.2. The van der Waals surface area contributed by atoms with Crippen molar-refractivity contribution in [2.24, 2.45) is 0 Å². The molecule has 0 aliphatic heterocycles. The molecule has 4 nitrogen and oxygen atoms in total. The van der Waals surface area contributed by atoms with Crippen molar-refractivity contribution in [1.82, 2.24) is 5.32 Å². The van der Waals surface area contributed by atoms with E-state index in [0.29, 0.717) is 5.75 Å². The van der Waals surface area contributed by atoms with Crippen molar-refractivity contribution in [3.05, 3.63) is 35.6 Å². The van der Waals surface area contributed by atoms with Crippen LogP contribution in [0.15, 0.2) is 24.3 Å². The molecule has 98 valence electrons. The minimum absolute atomic E-state index is 0.176. The number of thioether (sulfide) groups is 1. The van der Waals surface area contributed by atoms with Crippen LogP contribution in [0.3, 0.4) is 0 Å². The molecule has 6 heteroatoms. The molecular weight excluding hydrogens is 257 g/mol. The van der Waals surface area contributed by atoms with Gasteiger partial charge in [-0.25, -0.2) is 4.39 Å². The summed E-state index contributed by atoms with van der Waals surface area (Å²) in [6.45, 7) is 1.41. The zero-order valence-corrected chi connectivity index (χ0v) is 10.7. The average molecular weight is 271 g/mol. The molecule has 0 saturated heterocycles. The molecule has 0 bridgehead atoms. The summed E-state index contributed by atoms with van der Waals surface area (Å²) in [5.74, 6) is -0.926. The van der Waals surface area contributed by atoms with Crippen molar-refractivity contribution in [2.75, 3.05) is 5.75 Å². The standard InChI is InChI=1S/C12H14FNO3S/c1-8(12(16)17)14-11(15)7-18-6-9-2-4-10(13)5-3-9/h2-5,8H,6-7H2,1H3,(H,14,15)(H,16,17). The number of nitrogens with one attached hydrogen (secondary N) is 1. The molecular formula is C12H14FNO3S. The molecule has 0 aliphatic carbocycles. The van der Waals surface area contributed by atoms with Gasteiger partial charge in [-0.3, -0.25) is 9.59 Å². The van der Waals surface area contributed by atoms with Crippen LogP contribution in [0.1, 0.15) is 12.5 Å². The Hall–Kier alpha value is -1.56. The molecule has 1 aromatic carbocycles. The highest BCUT2D eigenvalue weighted by Gasteiger charge is 2.13. The van der Waals surface area contributed by atoms with E-state index >= 15 is 0 Å². The highest BCUT2D eigenvalue weighted by molar-refractivity contribution is 7.99. The molecule has 18 heavy (non-hydrogen) atoms. The van der Waals surface area contributed by atoms with E-state index in [1.165, 1.54) is 30.8 Å². The van der Waals surface area contributed by atoms with E-state index in [1.54, 1.807) is 12.1 Å². The second-order valence-corrected chi connectivity index (χ2v) is 4.73. The average Bonchev–Trinajstić information content (AvgIpc) is 2.31. The highest BCUT2D eigenvalue weighted by Crippen LogP contribution is 2.12. The maximum Gasteiger partial charge on any atom is 0.325 e. The fraction of sp³-hybridized carbons (Fsp3) is 0.333. The molecule has 0 aromatic heterocycles. The first-order valence-corrected chi connectivity index (χ1v) is 6.49. The normalized spacial score (nSPS) is 11.9. The maximum absolute atomic E-state index is 12.6. The summed E-state index contributed by atoms with van der Waals surface area (Å²) in [6, 6.07) is 5.15. The van der Waals surface area contributed by atoms with Crippen LogP contribution in [0, 0.1) is 5.82 Å². The molecule has 0 fully saturated rings. The van der Waals surface area contributed by atoms with Crippen molar-refractivity contribution >= 4 is 23.6 Å². The number of halogens is 1. The van der Waals surface area contributed by atoms with E-state index in [-0.39, 0.29) is 17.5 Å². The Labute approximate surface area is 109 Å². The van der Waals surface area contributed by atoms with E-state index < -0.39 is 12.0 Å². The Morgan fingerprint density at radius 2 is 2.00 bits per heavy atom. The number of carbonyl (C=O) groups excluding carboxylic acids is 1. The van der Waals surface area contributed by atoms with Gasteiger partial charge in [0.2, 0.25) is 5.91 Å². The molecule has 0 aliphatic rings. The van der Waals surface area contributed by atoms with Gasteiger partial charge in [-0.05, 0) is 24.6 Å². The molecule has 1 atom stereocenters. The third kappa shape index (κ3) is 5.18. The summed E-state index contributed by atoms with van der Waals surface area (Å²) >= 11 is 1.35. The van der Waals surface area contributed by atoms with Gasteiger partial charge in [0, 0.05) is 5.75 Å². The lowest BCUT2D eigenvalue weighted by Crippen LogP contribution is -2.39. The Morgan fingerprint density at radius 3 is 2.56 bits per heavy atom. The summed E-state index contributed by atoms with van der Waals surface area (Å²) in [4.78, 5) is 21.9. The molecule has 0 radical (unpaired) electrons. The van der Waals surface area contributed by atoms with Crippen molar-refractivity contribution < 1.29 is 19.1 Å². The van der Waals surface area contributed by atoms with Crippen molar-refractivity contribution in [2.45, 2.75) is 18.7 Å². The van der Waals surface area contributed by atoms with Gasteiger partial charge in [-0.1, -0.05) is 12.1 Å². The van der Waals surface area contributed by atoms with Gasteiger partial charge in [-0.15, -0.1) is 11.8 Å². The molecule has 1 aromatic rings. The monoisotopic (exact) mass is 271 g/mol. The van der Waals surface area contributed by atoms with Crippen LogP contribution in [-0.2, 0) is 15.3 Å². The lowest BCUT2D eigenvalue weighted by Gasteiger charge is -2.08. The van der Waals surface area contributed by atoms with E-state index in [1.807, 2.05) is 0 Å². The molecule has 0 spiro atoms. The number of carboxylic acid groups (broad SMARTS) is 1. The van der Waals surface area contributed by atoms with Gasteiger partial charge in [0.1, 0.15) is 11.9 Å². The summed E-state index contributed by atoms with van der Waals surface area (Å²) in [5.41, 5.74) is 0.917. The van der Waals surface area contributed by atoms with Crippen LogP contribution in [0.25, 0.3) is 0 Å². The first kappa shape index (κ1) is 14.5. The Bertz CT molecular complexity index is 422. The van der Waals surface area contributed by atoms with Gasteiger partial charge < -0.3 is 10.4 Å². The van der Waals surface area contributed by atoms with Gasteiger partial charge in [-0.2, -0.15) is 0 Å². The third-order valence-corrected chi connectivity index (χ3v) is 3.17. The number of hydrogen-bond acceptors (Lipinski definition) is 3. The summed E-state index contributed by atoms with van der Waals surface area (Å²) in [7, 11) is 0. The number of carboxylic acids is 1. The predicted octanol–water partition coefficient (Wildman–Crippen LogP) is 1.65. The van der Waals surface area contributed by atoms with Crippen LogP contribution < -0.4 is 5.32 Å². The summed E-state index contributed by atoms with van der Waals surface area (Å²) in [6.07, 6.45) is 0. The molecule has 1 rings (SSSR count). The quantitative estimate of drug-likeness (QED) is 0.825. The van der Waals surface area contributed by atoms with E-state index in [4.69, 9.17) is 5.11 Å². The van der Waals surface area contributed by atoms with Crippen LogP contribution in [-0.4, -0.2) is 28.8 Å². The summed E-state index contributed by atoms with van der Waals surface area (Å²) in [5, 5.41) is 11.0. The second kappa shape index (κ2) is 7.00. The zero-order chi connectivity index (χ0) is 13.5. The largest absolute Gasteiger partial charge is 0.480 e. The van der Waals surface area contributed by atoms with E-state index in [2.05, 4.69) is 5.32 Å². The SMILES string of the molecule is CC(NC(=O)CSCc1ccc(F)cc1)C(=O)O. The van der Waals surface area contributed by atoms with Crippen molar-refractivity contribution in [3.8, 4) is 0 Å². The number of benzene rings is 1. The maximum atomic E-state index is 12.6. The van der Waals surface area contributed by atoms with Crippen molar-refractivity contribution in [3.63, 3.8) is 0 Å². The van der Waals surface area contributed by atoms with Gasteiger partial charge in [0.15, 0.2) is 0 Å². The van der Waals surface area contributed by atoms with Crippen LogP contribution in [0.4, 0.5) is 4.39 Å². The van der Waals surface area contributed by atoms with E-state index in [0.717, 1.165) is 5.56 Å². The Morgan fingerprint density at radius 1 is 1.39 bits per heavy atom. The van der Waals surface area contributed by atoms with Gasteiger partial charge >= 0.3 is 5.97 Å². The van der Waals surface area contributed by atoms with Gasteiger partial charge in [0.05, 0.1) is 5.75 Å². The smallest absolute Gasteiger partial charge is 0.325 e. The lowest BCUT2D eigenvalue weighted by molar-refractivity contribution is -0.140. The van der Waals surface area contributed by atoms with Crippen LogP contribution >= 0.6 is 11.8 Å². The highest BCUT2D eigenvalue weighted by atomic mass is 32.2. The number of carbonyl (C=O) groups is 2. The third-order valence-electron chi connectivity index (χ3n) is 2.16. The Kier molecular flexibility index (Phi) is 5.64. The Balaban J connectivity index is 2.27. The topological polar surface area (TPSA) is 66.4 Å². The van der Waals surface area contributed by atoms with E-state index in [9.17, 15) is 14.0 Å². The number of hydrogen-bond donors (Lipinski definition) is 2. The number of rotatable bonds is 6. The minimum Gasteiger partial charge on any atom is -0.480 e. The molecule has 2 N–H and O–H groups in total. The first-order chi connectivity index (χ1) is 8.49. The fourth-order valence-corrected chi connectivity index (χ4v) is 1.99. The molecule has 1 unspecified atom stereocenters. The fourth-order valence-electron chi connectivity index (χ4n) is 1.19. The van der Waals surface area contributed by atoms with Gasteiger partial charge in [0.25, 0.3) is 0 Å². The minimum atomic E-state index is -1.06. The number of amides is 1. The molecule has 0 heterocycles. The van der Waals surface area contributed by atoms with Crippen LogP contribution in [0.5, 0.6) is 0 Å². The van der Waals surface area contributed by atoms with Crippen LogP contribution in [0.2, 0.25) is 0 Å². The second-order valence-electron chi connectivity index (χ2n) is 3.75. The number of aliphatic carboxylic acids is 1. The molecule has 1 amide bonds. The van der Waals surface area contributed by atoms with Crippen molar-refractivity contribution in [1.29, 1.82) is 0 Å². The first-order valence-electron chi connectivity index (χ1n) is 5.33. The zero-order valence-electron chi connectivity index (χ0n) is 9.85. The summed E-state index contributed by atoms with van der Waals surface area (Å²) < 4.78 is 12.6. The molecule has 0 saturated carbocycles. The predicted molar refractivity (Wildman–Crippen MR) is 67.8 cm³/mol.